The van der Waals surface area contributed by atoms with Crippen molar-refractivity contribution in [3.63, 3.8) is 0 Å². The van der Waals surface area contributed by atoms with Gasteiger partial charge in [-0.1, -0.05) is 66.2 Å². The van der Waals surface area contributed by atoms with E-state index in [-0.39, 0.29) is 5.56 Å². The highest BCUT2D eigenvalue weighted by atomic mass is 16.3. The predicted octanol–water partition coefficient (Wildman–Crippen LogP) is 5.77. The van der Waals surface area contributed by atoms with Crippen LogP contribution in [-0.2, 0) is 6.54 Å². The number of hydrogen-bond acceptors (Lipinski definition) is 2. The standard InChI is InChI=1S/C25H19NO2/c1-17-10-12-18(13-11-17)16-26-22(14-19-6-2-4-8-21(19)25(26)27)24-15-20-7-3-5-9-23(20)28-24/h2-15H,16H2,1H3. The van der Waals surface area contributed by atoms with Crippen molar-refractivity contribution in [2.75, 3.05) is 0 Å². The fraction of sp³-hybridized carbons (Fsp3) is 0.0800. The van der Waals surface area contributed by atoms with E-state index in [2.05, 4.69) is 31.2 Å². The van der Waals surface area contributed by atoms with Gasteiger partial charge >= 0.3 is 0 Å². The van der Waals surface area contributed by atoms with E-state index >= 15 is 0 Å². The van der Waals surface area contributed by atoms with Crippen LogP contribution in [0.3, 0.4) is 0 Å². The minimum absolute atomic E-state index is 0.00543. The van der Waals surface area contributed by atoms with Crippen LogP contribution in [0.25, 0.3) is 33.2 Å². The van der Waals surface area contributed by atoms with Crippen molar-refractivity contribution in [1.82, 2.24) is 4.57 Å². The molecule has 0 amide bonds. The van der Waals surface area contributed by atoms with Crippen LogP contribution in [0, 0.1) is 6.92 Å². The molecule has 3 aromatic carbocycles. The zero-order chi connectivity index (χ0) is 19.1. The van der Waals surface area contributed by atoms with Gasteiger partial charge in [-0.15, -0.1) is 0 Å². The summed E-state index contributed by atoms with van der Waals surface area (Å²) in [5.41, 5.74) is 3.89. The Labute approximate surface area is 162 Å². The summed E-state index contributed by atoms with van der Waals surface area (Å²) in [5, 5.41) is 2.66. The molecule has 0 radical (unpaired) electrons. The van der Waals surface area contributed by atoms with Gasteiger partial charge in [-0.05, 0) is 42.1 Å². The first-order valence-electron chi connectivity index (χ1n) is 9.36. The second kappa shape index (κ2) is 6.54. The van der Waals surface area contributed by atoms with Gasteiger partial charge < -0.3 is 8.98 Å². The molecule has 3 nitrogen and oxygen atoms in total. The van der Waals surface area contributed by atoms with Crippen molar-refractivity contribution in [2.24, 2.45) is 0 Å². The molecule has 28 heavy (non-hydrogen) atoms. The zero-order valence-corrected chi connectivity index (χ0v) is 15.6. The van der Waals surface area contributed by atoms with E-state index in [1.54, 1.807) is 0 Å². The molecular weight excluding hydrogens is 346 g/mol. The molecule has 0 saturated carbocycles. The lowest BCUT2D eigenvalue weighted by Crippen LogP contribution is -2.22. The monoisotopic (exact) mass is 365 g/mol. The molecule has 3 heteroatoms. The summed E-state index contributed by atoms with van der Waals surface area (Å²) < 4.78 is 7.91. The van der Waals surface area contributed by atoms with Crippen LogP contribution in [0.15, 0.2) is 94.1 Å². The van der Waals surface area contributed by atoms with Gasteiger partial charge in [-0.25, -0.2) is 0 Å². The average Bonchev–Trinajstić information content (AvgIpc) is 3.15. The van der Waals surface area contributed by atoms with Gasteiger partial charge in [-0.3, -0.25) is 4.79 Å². The Kier molecular flexibility index (Phi) is 3.87. The van der Waals surface area contributed by atoms with Crippen LogP contribution in [0.1, 0.15) is 11.1 Å². The third kappa shape index (κ3) is 2.81. The number of fused-ring (bicyclic) bond motifs is 2. The number of benzene rings is 3. The highest BCUT2D eigenvalue weighted by Gasteiger charge is 2.15. The van der Waals surface area contributed by atoms with Crippen molar-refractivity contribution in [2.45, 2.75) is 13.5 Å². The molecule has 0 bridgehead atoms. The molecule has 2 aromatic heterocycles. The largest absolute Gasteiger partial charge is 0.455 e. The van der Waals surface area contributed by atoms with Crippen molar-refractivity contribution >= 4 is 21.7 Å². The highest BCUT2D eigenvalue weighted by Crippen LogP contribution is 2.29. The Hall–Kier alpha value is -3.59. The lowest BCUT2D eigenvalue weighted by Gasteiger charge is -2.13. The fourth-order valence-electron chi connectivity index (χ4n) is 3.64. The fourth-order valence-corrected chi connectivity index (χ4v) is 3.64. The first-order valence-corrected chi connectivity index (χ1v) is 9.36. The van der Waals surface area contributed by atoms with Crippen LogP contribution in [0.2, 0.25) is 0 Å². The Bertz CT molecular complexity index is 1320. The molecule has 0 unspecified atom stereocenters. The van der Waals surface area contributed by atoms with Gasteiger partial charge in [0.1, 0.15) is 5.58 Å². The van der Waals surface area contributed by atoms with Crippen LogP contribution in [-0.4, -0.2) is 4.57 Å². The molecule has 0 atom stereocenters. The van der Waals surface area contributed by atoms with Crippen LogP contribution >= 0.6 is 0 Å². The Morgan fingerprint density at radius 3 is 2.32 bits per heavy atom. The summed E-state index contributed by atoms with van der Waals surface area (Å²) in [5.74, 6) is 0.705. The summed E-state index contributed by atoms with van der Waals surface area (Å²) in [4.78, 5) is 13.3. The lowest BCUT2D eigenvalue weighted by molar-refractivity contribution is 0.617. The number of furan rings is 1. The third-order valence-corrected chi connectivity index (χ3v) is 5.16. The molecule has 0 fully saturated rings. The van der Waals surface area contributed by atoms with Gasteiger partial charge in [0.05, 0.1) is 12.2 Å². The average molecular weight is 365 g/mol. The summed E-state index contributed by atoms with van der Waals surface area (Å²) in [7, 11) is 0. The number of aryl methyl sites for hydroxylation is 1. The molecule has 0 saturated heterocycles. The van der Waals surface area contributed by atoms with E-state index < -0.39 is 0 Å². The van der Waals surface area contributed by atoms with Crippen molar-refractivity contribution in [3.8, 4) is 11.5 Å². The number of aromatic nitrogens is 1. The minimum Gasteiger partial charge on any atom is -0.455 e. The molecule has 5 rings (SSSR count). The molecule has 0 aliphatic carbocycles. The van der Waals surface area contributed by atoms with Gasteiger partial charge in [0.15, 0.2) is 5.76 Å². The lowest BCUT2D eigenvalue weighted by atomic mass is 10.1. The van der Waals surface area contributed by atoms with Gasteiger partial charge in [0, 0.05) is 10.8 Å². The predicted molar refractivity (Wildman–Crippen MR) is 114 cm³/mol. The molecule has 0 spiro atoms. The molecule has 136 valence electrons. The maximum absolute atomic E-state index is 13.3. The molecule has 2 heterocycles. The smallest absolute Gasteiger partial charge is 0.259 e. The quantitative estimate of drug-likeness (QED) is 0.407. The zero-order valence-electron chi connectivity index (χ0n) is 15.6. The first-order chi connectivity index (χ1) is 13.7. The summed E-state index contributed by atoms with van der Waals surface area (Å²) in [6.07, 6.45) is 0. The number of rotatable bonds is 3. The van der Waals surface area contributed by atoms with E-state index in [0.29, 0.717) is 12.3 Å². The maximum atomic E-state index is 13.3. The van der Waals surface area contributed by atoms with E-state index in [1.165, 1.54) is 5.56 Å². The second-order valence-electron chi connectivity index (χ2n) is 7.14. The Balaban J connectivity index is 1.76. The topological polar surface area (TPSA) is 35.1 Å². The van der Waals surface area contributed by atoms with Gasteiger partial charge in [0.2, 0.25) is 0 Å². The molecule has 5 aromatic rings. The second-order valence-corrected chi connectivity index (χ2v) is 7.14. The molecular formula is C25H19NO2. The van der Waals surface area contributed by atoms with Crippen LogP contribution < -0.4 is 5.56 Å². The number of nitrogens with zero attached hydrogens (tertiary/aromatic N) is 1. The van der Waals surface area contributed by atoms with Gasteiger partial charge in [0.25, 0.3) is 5.56 Å². The van der Waals surface area contributed by atoms with Gasteiger partial charge in [-0.2, -0.15) is 0 Å². The Morgan fingerprint density at radius 1 is 0.821 bits per heavy atom. The summed E-state index contributed by atoms with van der Waals surface area (Å²) in [6.45, 7) is 2.56. The van der Waals surface area contributed by atoms with Crippen LogP contribution in [0.5, 0.6) is 0 Å². The van der Waals surface area contributed by atoms with Crippen LogP contribution in [0.4, 0.5) is 0 Å². The third-order valence-electron chi connectivity index (χ3n) is 5.16. The molecule has 0 aliphatic rings. The summed E-state index contributed by atoms with van der Waals surface area (Å²) in [6, 6.07) is 27.9. The maximum Gasteiger partial charge on any atom is 0.259 e. The van der Waals surface area contributed by atoms with E-state index in [1.807, 2.05) is 65.2 Å². The SMILES string of the molecule is Cc1ccc(Cn2c(-c3cc4ccccc4o3)cc3ccccc3c2=O)cc1. The Morgan fingerprint density at radius 2 is 1.54 bits per heavy atom. The molecule has 0 aliphatic heterocycles. The molecule has 0 N–H and O–H groups in total. The van der Waals surface area contributed by atoms with E-state index in [9.17, 15) is 4.79 Å². The normalized spacial score (nSPS) is 11.3. The van der Waals surface area contributed by atoms with E-state index in [0.717, 1.165) is 33.0 Å². The first kappa shape index (κ1) is 16.6. The van der Waals surface area contributed by atoms with Crippen molar-refractivity contribution in [1.29, 1.82) is 0 Å². The number of para-hydroxylation sites is 1. The summed E-state index contributed by atoms with van der Waals surface area (Å²) >= 11 is 0. The minimum atomic E-state index is -0.00543. The van der Waals surface area contributed by atoms with Crippen molar-refractivity contribution < 1.29 is 4.42 Å². The van der Waals surface area contributed by atoms with E-state index in [4.69, 9.17) is 4.42 Å². The highest BCUT2D eigenvalue weighted by molar-refractivity contribution is 5.87. The number of pyridine rings is 1. The van der Waals surface area contributed by atoms with Crippen molar-refractivity contribution in [3.05, 3.63) is 106 Å². The number of hydrogen-bond donors (Lipinski definition) is 0.